The number of carbonyl (C=O) groups is 1. The van der Waals surface area contributed by atoms with Crippen LogP contribution in [0.5, 0.6) is 0 Å². The third-order valence-electron chi connectivity index (χ3n) is 4.98. The lowest BCUT2D eigenvalue weighted by molar-refractivity contribution is -0.137. The first-order valence-electron chi connectivity index (χ1n) is 9.44. The highest BCUT2D eigenvalue weighted by Crippen LogP contribution is 2.37. The van der Waals surface area contributed by atoms with Gasteiger partial charge >= 0.3 is 6.18 Å². The van der Waals surface area contributed by atoms with E-state index in [1.54, 1.807) is 30.3 Å². The van der Waals surface area contributed by atoms with E-state index in [0.29, 0.717) is 16.5 Å². The maximum Gasteiger partial charge on any atom is 0.416 e. The van der Waals surface area contributed by atoms with E-state index in [1.807, 2.05) is 4.90 Å². The van der Waals surface area contributed by atoms with Gasteiger partial charge in [0.2, 0.25) is 0 Å². The van der Waals surface area contributed by atoms with Crippen LogP contribution in [0.2, 0.25) is 5.02 Å². The third-order valence-corrected chi connectivity index (χ3v) is 5.23. The average molecular weight is 435 g/mol. The van der Waals surface area contributed by atoms with Crippen molar-refractivity contribution < 1.29 is 22.4 Å². The molecule has 0 aliphatic carbocycles. The molecule has 1 amide bonds. The fourth-order valence-corrected chi connectivity index (χ4v) is 3.59. The number of hydrogen-bond acceptors (Lipinski definition) is 3. The summed E-state index contributed by atoms with van der Waals surface area (Å²) in [4.78, 5) is 14.7. The van der Waals surface area contributed by atoms with Crippen molar-refractivity contribution in [2.24, 2.45) is 0 Å². The Balaban J connectivity index is 1.61. The molecule has 0 saturated carbocycles. The number of hydrogen-bond donors (Lipinski definition) is 1. The molecule has 0 bridgehead atoms. The summed E-state index contributed by atoms with van der Waals surface area (Å²) in [6, 6.07) is 13.4. The summed E-state index contributed by atoms with van der Waals surface area (Å²) in [5.74, 6) is -0.152. The van der Waals surface area contributed by atoms with Crippen LogP contribution in [0.15, 0.2) is 59.0 Å². The van der Waals surface area contributed by atoms with Crippen molar-refractivity contribution in [2.45, 2.75) is 19.0 Å². The van der Waals surface area contributed by atoms with E-state index in [-0.39, 0.29) is 11.4 Å². The highest BCUT2D eigenvalue weighted by molar-refractivity contribution is 6.30. The van der Waals surface area contributed by atoms with Gasteiger partial charge in [-0.05, 0) is 67.4 Å². The molecule has 0 spiro atoms. The fraction of sp³-hybridized carbons (Fsp3) is 0.227. The molecule has 4 rings (SSSR count). The van der Waals surface area contributed by atoms with Crippen LogP contribution in [0.4, 0.5) is 24.5 Å². The molecule has 3 aromatic rings. The molecular weight excluding hydrogens is 417 g/mol. The molecular formula is C22H18ClF3N2O2. The number of furan rings is 1. The number of amides is 1. The summed E-state index contributed by atoms with van der Waals surface area (Å²) in [5, 5.41) is 3.17. The van der Waals surface area contributed by atoms with Crippen molar-refractivity contribution in [1.82, 2.24) is 0 Å². The Morgan fingerprint density at radius 1 is 1.00 bits per heavy atom. The number of nitrogens with one attached hydrogen (secondary N) is 1. The zero-order valence-electron chi connectivity index (χ0n) is 15.8. The Morgan fingerprint density at radius 3 is 2.37 bits per heavy atom. The number of halogens is 4. The molecule has 1 aliphatic heterocycles. The Hall–Kier alpha value is -2.93. The Morgan fingerprint density at radius 2 is 1.70 bits per heavy atom. The first-order chi connectivity index (χ1) is 14.3. The number of rotatable bonds is 4. The zero-order valence-corrected chi connectivity index (χ0v) is 16.6. The van der Waals surface area contributed by atoms with Crippen LogP contribution in [-0.2, 0) is 6.18 Å². The van der Waals surface area contributed by atoms with Crippen LogP contribution in [0.3, 0.4) is 0 Å². The summed E-state index contributed by atoms with van der Waals surface area (Å²) < 4.78 is 45.2. The molecule has 1 saturated heterocycles. The molecule has 8 heteroatoms. The smallest absolute Gasteiger partial charge is 0.416 e. The zero-order chi connectivity index (χ0) is 21.3. The van der Waals surface area contributed by atoms with E-state index < -0.39 is 17.6 Å². The van der Waals surface area contributed by atoms with Crippen molar-refractivity contribution in [3.63, 3.8) is 0 Å². The van der Waals surface area contributed by atoms with Gasteiger partial charge in [0.25, 0.3) is 5.91 Å². The van der Waals surface area contributed by atoms with Gasteiger partial charge in [0.15, 0.2) is 5.76 Å². The van der Waals surface area contributed by atoms with Crippen LogP contribution in [-0.4, -0.2) is 19.0 Å². The van der Waals surface area contributed by atoms with Crippen LogP contribution >= 0.6 is 11.6 Å². The number of benzene rings is 2. The van der Waals surface area contributed by atoms with Gasteiger partial charge in [-0.3, -0.25) is 4.79 Å². The van der Waals surface area contributed by atoms with E-state index in [9.17, 15) is 18.0 Å². The lowest BCUT2D eigenvalue weighted by Crippen LogP contribution is -2.21. The maximum atomic E-state index is 13.2. The van der Waals surface area contributed by atoms with Gasteiger partial charge in [0.05, 0.1) is 16.9 Å². The van der Waals surface area contributed by atoms with E-state index in [0.717, 1.165) is 43.6 Å². The maximum absolute atomic E-state index is 13.2. The highest BCUT2D eigenvalue weighted by Gasteiger charge is 2.32. The number of anilines is 2. The van der Waals surface area contributed by atoms with Gasteiger partial charge in [0.1, 0.15) is 5.76 Å². The van der Waals surface area contributed by atoms with Crippen LogP contribution in [0.25, 0.3) is 11.3 Å². The first kappa shape index (κ1) is 20.3. The quantitative estimate of drug-likeness (QED) is 0.511. The van der Waals surface area contributed by atoms with Crippen LogP contribution < -0.4 is 10.2 Å². The molecule has 30 heavy (non-hydrogen) atoms. The third kappa shape index (κ3) is 4.31. The molecule has 2 aromatic carbocycles. The van der Waals surface area contributed by atoms with Gasteiger partial charge in [-0.25, -0.2) is 0 Å². The summed E-state index contributed by atoms with van der Waals surface area (Å²) in [7, 11) is 0. The summed E-state index contributed by atoms with van der Waals surface area (Å²) in [6.45, 7) is 1.46. The second-order valence-corrected chi connectivity index (χ2v) is 7.49. The Kier molecular flexibility index (Phi) is 5.47. The molecule has 0 unspecified atom stereocenters. The van der Waals surface area contributed by atoms with E-state index in [4.69, 9.17) is 16.0 Å². The van der Waals surface area contributed by atoms with Gasteiger partial charge in [0, 0.05) is 23.7 Å². The molecule has 2 heterocycles. The average Bonchev–Trinajstić information content (AvgIpc) is 3.40. The van der Waals surface area contributed by atoms with Gasteiger partial charge in [-0.2, -0.15) is 13.2 Å². The Labute approximate surface area is 176 Å². The van der Waals surface area contributed by atoms with Gasteiger partial charge in [-0.15, -0.1) is 0 Å². The van der Waals surface area contributed by atoms with E-state index in [1.165, 1.54) is 12.1 Å². The van der Waals surface area contributed by atoms with Crippen LogP contribution in [0.1, 0.15) is 29.0 Å². The van der Waals surface area contributed by atoms with Gasteiger partial charge in [-0.1, -0.05) is 11.6 Å². The number of carbonyl (C=O) groups excluding carboxylic acids is 1. The SMILES string of the molecule is O=C(Nc1cc(C(F)(F)F)ccc1N1CCCC1)c1ccc(-c2ccc(Cl)cc2)o1. The lowest BCUT2D eigenvalue weighted by Gasteiger charge is -2.22. The summed E-state index contributed by atoms with van der Waals surface area (Å²) >= 11 is 5.88. The molecule has 1 aromatic heterocycles. The predicted octanol–water partition coefficient (Wildman–Crippen LogP) is 6.47. The Bertz CT molecular complexity index is 1050. The van der Waals surface area contributed by atoms with Gasteiger partial charge < -0.3 is 14.6 Å². The molecule has 156 valence electrons. The minimum Gasteiger partial charge on any atom is -0.451 e. The molecule has 0 atom stereocenters. The highest BCUT2D eigenvalue weighted by atomic mass is 35.5. The van der Waals surface area contributed by atoms with Crippen LogP contribution in [0, 0.1) is 0 Å². The largest absolute Gasteiger partial charge is 0.451 e. The number of alkyl halides is 3. The first-order valence-corrected chi connectivity index (χ1v) is 9.82. The monoisotopic (exact) mass is 434 g/mol. The lowest BCUT2D eigenvalue weighted by atomic mass is 10.1. The molecule has 1 aliphatic rings. The minimum atomic E-state index is -4.50. The molecule has 4 nitrogen and oxygen atoms in total. The number of nitrogens with zero attached hydrogens (tertiary/aromatic N) is 1. The normalized spacial score (nSPS) is 14.2. The second-order valence-electron chi connectivity index (χ2n) is 7.05. The predicted molar refractivity (Wildman–Crippen MR) is 110 cm³/mol. The molecule has 1 N–H and O–H groups in total. The van der Waals surface area contributed by atoms with E-state index in [2.05, 4.69) is 5.32 Å². The van der Waals surface area contributed by atoms with Crippen molar-refractivity contribution in [3.05, 3.63) is 70.9 Å². The fourth-order valence-electron chi connectivity index (χ4n) is 3.46. The topological polar surface area (TPSA) is 45.5 Å². The molecule has 1 fully saturated rings. The summed E-state index contributed by atoms with van der Waals surface area (Å²) in [6.07, 6.45) is -2.59. The van der Waals surface area contributed by atoms with E-state index >= 15 is 0 Å². The second kappa shape index (κ2) is 8.07. The standard InChI is InChI=1S/C22H18ClF3N2O2/c23-16-6-3-14(4-7-16)19-9-10-20(30-19)21(29)27-17-13-15(22(24,25)26)5-8-18(17)28-11-1-2-12-28/h3-10,13H,1-2,11-12H2,(H,27,29). The van der Waals surface area contributed by atoms with Crippen molar-refractivity contribution in [1.29, 1.82) is 0 Å². The van der Waals surface area contributed by atoms with Crippen molar-refractivity contribution in [3.8, 4) is 11.3 Å². The summed E-state index contributed by atoms with van der Waals surface area (Å²) in [5.41, 5.74) is 0.594. The molecule has 0 radical (unpaired) electrons. The van der Waals surface area contributed by atoms with Crippen molar-refractivity contribution >= 4 is 28.9 Å². The van der Waals surface area contributed by atoms with Crippen molar-refractivity contribution in [2.75, 3.05) is 23.3 Å². The minimum absolute atomic E-state index is 0.00438.